The fourth-order valence-electron chi connectivity index (χ4n) is 4.49. The summed E-state index contributed by atoms with van der Waals surface area (Å²) in [5.74, 6) is -13.1. The Hall–Kier alpha value is -4.91. The Labute approximate surface area is 241 Å². The quantitative estimate of drug-likeness (QED) is 0.0904. The molecule has 1 heterocycles. The van der Waals surface area contributed by atoms with Gasteiger partial charge in [0.15, 0.2) is 0 Å². The van der Waals surface area contributed by atoms with E-state index in [9.17, 15) is 35.2 Å². The highest BCUT2D eigenvalue weighted by Gasteiger charge is 2.31. The van der Waals surface area contributed by atoms with E-state index in [1.807, 2.05) is 25.1 Å². The fraction of sp³-hybridized carbons (Fsp3) is 0.100. The lowest BCUT2D eigenvalue weighted by molar-refractivity contribution is 0.346. The van der Waals surface area contributed by atoms with Gasteiger partial charge in [-0.3, -0.25) is 9.36 Å². The van der Waals surface area contributed by atoms with Crippen molar-refractivity contribution in [2.75, 3.05) is 14.2 Å². The fourth-order valence-corrected chi connectivity index (χ4v) is 5.45. The van der Waals surface area contributed by atoms with E-state index in [2.05, 4.69) is 4.18 Å². The maximum atomic E-state index is 14.1. The van der Waals surface area contributed by atoms with Gasteiger partial charge in [0.1, 0.15) is 16.4 Å². The van der Waals surface area contributed by atoms with E-state index in [1.54, 1.807) is 25.3 Å². The molecule has 0 N–H and O–H groups in total. The van der Waals surface area contributed by atoms with Crippen molar-refractivity contribution in [2.45, 2.75) is 11.8 Å². The first kappa shape index (κ1) is 29.6. The molecule has 0 aliphatic heterocycles. The first-order valence-corrected chi connectivity index (χ1v) is 13.7. The topological polar surface area (TPSA) is 83.8 Å². The van der Waals surface area contributed by atoms with Crippen molar-refractivity contribution >= 4 is 21.0 Å². The standard InChI is InChI=1S/C30H20F5NO6S/c1-15-4-5-16(13-22(15)40-2)17-6-9-21(23(14-17)41-3)36-20-10-8-19(12-18(20)7-11-24(36)37)43(38,39)42-30-28(34)26(32)25(31)27(33)29(30)35/h4-14H,1-3H3. The molecule has 0 aliphatic carbocycles. The predicted octanol–water partition coefficient (Wildman–Crippen LogP) is 6.45. The molecule has 1 aromatic heterocycles. The van der Waals surface area contributed by atoms with Crippen molar-refractivity contribution < 1.29 is 44.0 Å². The zero-order valence-electron chi connectivity index (χ0n) is 22.5. The van der Waals surface area contributed by atoms with Crippen LogP contribution in [-0.2, 0) is 10.1 Å². The van der Waals surface area contributed by atoms with Crippen LogP contribution in [0.5, 0.6) is 17.2 Å². The normalized spacial score (nSPS) is 11.5. The molecule has 0 bridgehead atoms. The van der Waals surface area contributed by atoms with E-state index in [1.165, 1.54) is 23.8 Å². The van der Waals surface area contributed by atoms with Crippen molar-refractivity contribution in [2.24, 2.45) is 0 Å². The summed E-state index contributed by atoms with van der Waals surface area (Å²) >= 11 is 0. The zero-order chi connectivity index (χ0) is 31.2. The molecule has 5 aromatic rings. The molecule has 0 atom stereocenters. The first-order chi connectivity index (χ1) is 20.4. The molecule has 43 heavy (non-hydrogen) atoms. The van der Waals surface area contributed by atoms with Gasteiger partial charge in [-0.1, -0.05) is 18.2 Å². The van der Waals surface area contributed by atoms with Crippen LogP contribution in [-0.4, -0.2) is 27.2 Å². The highest BCUT2D eigenvalue weighted by molar-refractivity contribution is 7.87. The van der Waals surface area contributed by atoms with Gasteiger partial charge >= 0.3 is 10.1 Å². The Morgan fingerprint density at radius 2 is 1.26 bits per heavy atom. The predicted molar refractivity (Wildman–Crippen MR) is 147 cm³/mol. The van der Waals surface area contributed by atoms with Crippen LogP contribution in [0.25, 0.3) is 27.7 Å². The lowest BCUT2D eigenvalue weighted by Crippen LogP contribution is -2.19. The third kappa shape index (κ3) is 5.16. The summed E-state index contributed by atoms with van der Waals surface area (Å²) < 4.78 is 111. The van der Waals surface area contributed by atoms with Gasteiger partial charge in [0.2, 0.25) is 34.8 Å². The summed E-state index contributed by atoms with van der Waals surface area (Å²) in [6.45, 7) is 1.90. The van der Waals surface area contributed by atoms with Gasteiger partial charge in [-0.05, 0) is 66.1 Å². The Morgan fingerprint density at radius 1 is 0.674 bits per heavy atom. The molecule has 0 saturated heterocycles. The van der Waals surface area contributed by atoms with E-state index in [0.717, 1.165) is 34.9 Å². The van der Waals surface area contributed by atoms with Crippen molar-refractivity contribution in [3.8, 4) is 34.1 Å². The van der Waals surface area contributed by atoms with E-state index in [0.29, 0.717) is 17.2 Å². The van der Waals surface area contributed by atoms with Crippen LogP contribution in [0.15, 0.2) is 76.4 Å². The maximum Gasteiger partial charge on any atom is 0.339 e. The lowest BCUT2D eigenvalue weighted by Gasteiger charge is -2.16. The van der Waals surface area contributed by atoms with Gasteiger partial charge in [-0.25, -0.2) is 13.2 Å². The molecule has 222 valence electrons. The summed E-state index contributed by atoms with van der Waals surface area (Å²) in [5.41, 5.74) is 2.55. The molecule has 0 radical (unpaired) electrons. The molecule has 0 saturated carbocycles. The van der Waals surface area contributed by atoms with Gasteiger partial charge in [-0.2, -0.15) is 17.2 Å². The third-order valence-electron chi connectivity index (χ3n) is 6.68. The Kier molecular flexibility index (Phi) is 7.61. The van der Waals surface area contributed by atoms with Crippen LogP contribution < -0.4 is 19.2 Å². The zero-order valence-corrected chi connectivity index (χ0v) is 23.4. The number of ether oxygens (including phenoxy) is 2. The van der Waals surface area contributed by atoms with Crippen LogP contribution in [0.1, 0.15) is 5.56 Å². The molecule has 5 rings (SSSR count). The van der Waals surface area contributed by atoms with E-state index < -0.39 is 55.4 Å². The molecule has 13 heteroatoms. The van der Waals surface area contributed by atoms with Crippen molar-refractivity contribution in [3.05, 3.63) is 112 Å². The summed E-state index contributed by atoms with van der Waals surface area (Å²) in [6, 6.07) is 16.4. The van der Waals surface area contributed by atoms with Gasteiger partial charge in [0, 0.05) is 11.5 Å². The van der Waals surface area contributed by atoms with Gasteiger partial charge in [0.05, 0.1) is 25.4 Å². The van der Waals surface area contributed by atoms with Crippen LogP contribution >= 0.6 is 0 Å². The second-order valence-electron chi connectivity index (χ2n) is 9.24. The number of nitrogens with zero attached hydrogens (tertiary/aromatic N) is 1. The largest absolute Gasteiger partial charge is 0.496 e. The number of pyridine rings is 1. The number of hydrogen-bond donors (Lipinski definition) is 0. The number of halogens is 5. The van der Waals surface area contributed by atoms with Crippen LogP contribution in [0.4, 0.5) is 22.0 Å². The molecule has 4 aromatic carbocycles. The molecule has 0 spiro atoms. The van der Waals surface area contributed by atoms with E-state index >= 15 is 0 Å². The highest BCUT2D eigenvalue weighted by atomic mass is 32.2. The molecule has 0 unspecified atom stereocenters. The summed E-state index contributed by atoms with van der Waals surface area (Å²) in [4.78, 5) is 12.4. The van der Waals surface area contributed by atoms with Crippen molar-refractivity contribution in [3.63, 3.8) is 0 Å². The second-order valence-corrected chi connectivity index (χ2v) is 10.8. The molecular weight excluding hydrogens is 597 g/mol. The lowest BCUT2D eigenvalue weighted by atomic mass is 10.0. The number of fused-ring (bicyclic) bond motifs is 1. The number of rotatable bonds is 7. The molecular formula is C30H20F5NO6S. The van der Waals surface area contributed by atoms with Gasteiger partial charge in [0.25, 0.3) is 5.56 Å². The Balaban J connectivity index is 1.59. The van der Waals surface area contributed by atoms with Crippen LogP contribution in [0, 0.1) is 36.0 Å². The molecule has 7 nitrogen and oxygen atoms in total. The number of hydrogen-bond acceptors (Lipinski definition) is 6. The first-order valence-electron chi connectivity index (χ1n) is 12.3. The SMILES string of the molecule is COc1cc(-c2ccc(-n3c(=O)ccc4cc(S(=O)(=O)Oc5c(F)c(F)c(F)c(F)c5F)ccc43)c(OC)c2)ccc1C. The summed E-state index contributed by atoms with van der Waals surface area (Å²) in [7, 11) is -2.13. The van der Waals surface area contributed by atoms with E-state index in [4.69, 9.17) is 9.47 Å². The van der Waals surface area contributed by atoms with Crippen LogP contribution in [0.3, 0.4) is 0 Å². The second kappa shape index (κ2) is 11.1. The Morgan fingerprint density at radius 3 is 1.88 bits per heavy atom. The summed E-state index contributed by atoms with van der Waals surface area (Å²) in [6.07, 6.45) is 0. The van der Waals surface area contributed by atoms with Crippen molar-refractivity contribution in [1.29, 1.82) is 0 Å². The average Bonchev–Trinajstić information content (AvgIpc) is 3.01. The minimum absolute atomic E-state index is 0.163. The smallest absolute Gasteiger partial charge is 0.339 e. The summed E-state index contributed by atoms with van der Waals surface area (Å²) in [5, 5.41) is 0.163. The van der Waals surface area contributed by atoms with Crippen LogP contribution in [0.2, 0.25) is 0 Å². The highest BCUT2D eigenvalue weighted by Crippen LogP contribution is 2.35. The minimum Gasteiger partial charge on any atom is -0.496 e. The van der Waals surface area contributed by atoms with Gasteiger partial charge in [-0.15, -0.1) is 0 Å². The number of aryl methyl sites for hydroxylation is 1. The van der Waals surface area contributed by atoms with Gasteiger partial charge < -0.3 is 13.7 Å². The molecule has 0 fully saturated rings. The average molecular weight is 618 g/mol. The third-order valence-corrected chi connectivity index (χ3v) is 7.90. The van der Waals surface area contributed by atoms with Crippen molar-refractivity contribution in [1.82, 2.24) is 4.57 Å². The molecule has 0 amide bonds. The Bertz CT molecular complexity index is 2070. The minimum atomic E-state index is -5.10. The maximum absolute atomic E-state index is 14.1. The number of aromatic nitrogens is 1. The number of methoxy groups -OCH3 is 2. The molecule has 0 aliphatic rings. The van der Waals surface area contributed by atoms with E-state index in [-0.39, 0.29) is 10.9 Å². The number of benzene rings is 4. The monoisotopic (exact) mass is 617 g/mol.